The van der Waals surface area contributed by atoms with Crippen LogP contribution in [0.15, 0.2) is 30.3 Å². The Hall–Kier alpha value is -1.66. The zero-order chi connectivity index (χ0) is 21.4. The van der Waals surface area contributed by atoms with Crippen molar-refractivity contribution >= 4 is 41.5 Å². The number of hydrogen-bond donors (Lipinski definition) is 2. The highest BCUT2D eigenvalue weighted by atomic mass is 35.5. The number of phenolic OH excluding ortho intramolecular Hbond substituents is 2. The van der Waals surface area contributed by atoms with Crippen molar-refractivity contribution in [3.05, 3.63) is 57.1 Å². The van der Waals surface area contributed by atoms with Crippen LogP contribution in [-0.2, 0) is 17.6 Å². The van der Waals surface area contributed by atoms with Crippen molar-refractivity contribution in [1.82, 2.24) is 9.80 Å². The van der Waals surface area contributed by atoms with Crippen molar-refractivity contribution in [2.24, 2.45) is 0 Å². The maximum atomic E-state index is 13.2. The number of halogens is 3. The molecule has 168 valence electrons. The van der Waals surface area contributed by atoms with E-state index in [0.717, 1.165) is 55.5 Å². The van der Waals surface area contributed by atoms with Gasteiger partial charge in [-0.25, -0.2) is 0 Å². The molecule has 0 bridgehead atoms. The Bertz CT molecular complexity index is 963. The molecule has 4 rings (SSSR count). The molecule has 0 radical (unpaired) electrons. The minimum Gasteiger partial charge on any atom is -0.504 e. The second-order valence-electron chi connectivity index (χ2n) is 8.26. The van der Waals surface area contributed by atoms with Gasteiger partial charge in [0.25, 0.3) is 0 Å². The number of nitrogens with zero attached hydrogens (tertiary/aromatic N) is 2. The Balaban J connectivity index is 0.00000272. The summed E-state index contributed by atoms with van der Waals surface area (Å²) in [6, 6.07) is 8.51. The van der Waals surface area contributed by atoms with Gasteiger partial charge in [-0.05, 0) is 79.7 Å². The number of phenols is 2. The first-order valence-electron chi connectivity index (χ1n) is 10.3. The molecule has 1 amide bonds. The third-order valence-electron chi connectivity index (χ3n) is 6.39. The zero-order valence-corrected chi connectivity index (χ0v) is 19.7. The molecule has 2 aromatic carbocycles. The Kier molecular flexibility index (Phi) is 7.63. The summed E-state index contributed by atoms with van der Waals surface area (Å²) in [5.41, 5.74) is 2.71. The topological polar surface area (TPSA) is 64.0 Å². The Morgan fingerprint density at radius 2 is 1.77 bits per heavy atom. The molecule has 2 atom stereocenters. The monoisotopic (exact) mass is 484 g/mol. The van der Waals surface area contributed by atoms with E-state index in [4.69, 9.17) is 23.2 Å². The molecule has 31 heavy (non-hydrogen) atoms. The highest BCUT2D eigenvalue weighted by molar-refractivity contribution is 6.42. The lowest BCUT2D eigenvalue weighted by Crippen LogP contribution is -2.48. The molecular formula is C23H27Cl3N2O3. The van der Waals surface area contributed by atoms with Crippen LogP contribution in [0.4, 0.5) is 0 Å². The van der Waals surface area contributed by atoms with Crippen LogP contribution < -0.4 is 0 Å². The minimum atomic E-state index is -0.186. The van der Waals surface area contributed by atoms with Crippen LogP contribution in [0.3, 0.4) is 0 Å². The fourth-order valence-electron chi connectivity index (χ4n) is 4.82. The van der Waals surface area contributed by atoms with Crippen LogP contribution in [0.1, 0.15) is 42.0 Å². The van der Waals surface area contributed by atoms with E-state index in [1.807, 2.05) is 13.1 Å². The zero-order valence-electron chi connectivity index (χ0n) is 17.4. The standard InChI is InChI=1S/C23H26Cl2N2O3.ClH/c1-26(22(30)11-14-4-6-17(24)18(25)10-14)23-16-13-21(29)20(28)12-15(16)5-7-19(23)27-8-2-3-9-27;/h4,6,10,12-13,19,23,28-29H,2-3,5,7-9,11H2,1H3;1H/t19-,23-;/m1./s1. The molecule has 8 heteroatoms. The van der Waals surface area contributed by atoms with E-state index in [2.05, 4.69) is 4.90 Å². The van der Waals surface area contributed by atoms with Gasteiger partial charge in [-0.15, -0.1) is 12.4 Å². The third-order valence-corrected chi connectivity index (χ3v) is 7.13. The molecule has 2 aromatic rings. The van der Waals surface area contributed by atoms with Crippen LogP contribution in [0.25, 0.3) is 0 Å². The van der Waals surface area contributed by atoms with E-state index in [1.165, 1.54) is 0 Å². The number of fused-ring (bicyclic) bond motifs is 1. The molecule has 1 aliphatic carbocycles. The van der Waals surface area contributed by atoms with Crippen molar-refractivity contribution in [1.29, 1.82) is 0 Å². The van der Waals surface area contributed by atoms with Gasteiger partial charge in [-0.3, -0.25) is 9.69 Å². The van der Waals surface area contributed by atoms with E-state index < -0.39 is 0 Å². The fourth-order valence-corrected chi connectivity index (χ4v) is 5.14. The van der Waals surface area contributed by atoms with Gasteiger partial charge < -0.3 is 15.1 Å². The Morgan fingerprint density at radius 1 is 1.10 bits per heavy atom. The molecule has 0 spiro atoms. The van der Waals surface area contributed by atoms with E-state index in [0.29, 0.717) is 10.0 Å². The molecule has 1 fully saturated rings. The maximum Gasteiger partial charge on any atom is 0.227 e. The summed E-state index contributed by atoms with van der Waals surface area (Å²) in [7, 11) is 1.83. The molecule has 0 aromatic heterocycles. The van der Waals surface area contributed by atoms with Gasteiger partial charge in [0.05, 0.1) is 22.5 Å². The van der Waals surface area contributed by atoms with Crippen LogP contribution >= 0.6 is 35.6 Å². The molecular weight excluding hydrogens is 459 g/mol. The first-order chi connectivity index (χ1) is 14.3. The number of likely N-dealkylation sites (N-methyl/N-ethyl adjacent to an activating group) is 1. The molecule has 1 saturated heterocycles. The molecule has 0 saturated carbocycles. The predicted octanol–water partition coefficient (Wildman–Crippen LogP) is 4.98. The normalized spacial score (nSPS) is 20.7. The van der Waals surface area contributed by atoms with Crippen LogP contribution in [0.2, 0.25) is 10.0 Å². The number of carbonyl (C=O) groups is 1. The summed E-state index contributed by atoms with van der Waals surface area (Å²) in [6.45, 7) is 2.05. The van der Waals surface area contributed by atoms with E-state index in [-0.39, 0.29) is 48.3 Å². The summed E-state index contributed by atoms with van der Waals surface area (Å²) < 4.78 is 0. The largest absolute Gasteiger partial charge is 0.504 e. The molecule has 1 aliphatic heterocycles. The average molecular weight is 486 g/mol. The number of likely N-dealkylation sites (tertiary alicyclic amines) is 1. The quantitative estimate of drug-likeness (QED) is 0.600. The second kappa shape index (κ2) is 9.86. The number of rotatable bonds is 4. The fraction of sp³-hybridized carbons (Fsp3) is 0.435. The predicted molar refractivity (Wildman–Crippen MR) is 126 cm³/mol. The molecule has 5 nitrogen and oxygen atoms in total. The summed E-state index contributed by atoms with van der Waals surface area (Å²) >= 11 is 12.1. The smallest absolute Gasteiger partial charge is 0.227 e. The number of amides is 1. The lowest BCUT2D eigenvalue weighted by Gasteiger charge is -2.43. The number of carbonyl (C=O) groups excluding carboxylic acids is 1. The molecule has 0 unspecified atom stereocenters. The van der Waals surface area contributed by atoms with Crippen molar-refractivity contribution in [2.45, 2.75) is 44.2 Å². The van der Waals surface area contributed by atoms with E-state index in [1.54, 1.807) is 29.2 Å². The van der Waals surface area contributed by atoms with Crippen molar-refractivity contribution in [3.63, 3.8) is 0 Å². The minimum absolute atomic E-state index is 0. The molecule has 2 N–H and O–H groups in total. The van der Waals surface area contributed by atoms with E-state index in [9.17, 15) is 15.0 Å². The van der Waals surface area contributed by atoms with Gasteiger partial charge >= 0.3 is 0 Å². The summed E-state index contributed by atoms with van der Waals surface area (Å²) in [5.74, 6) is -0.286. The van der Waals surface area contributed by atoms with Crippen molar-refractivity contribution in [3.8, 4) is 11.5 Å². The number of hydrogen-bond acceptors (Lipinski definition) is 4. The first kappa shape index (κ1) is 24.0. The van der Waals surface area contributed by atoms with Gasteiger partial charge in [-0.1, -0.05) is 29.3 Å². The Labute approximate surface area is 199 Å². The molecule has 2 aliphatic rings. The number of benzene rings is 2. The summed E-state index contributed by atoms with van der Waals surface area (Å²) in [4.78, 5) is 17.5. The van der Waals surface area contributed by atoms with Gasteiger partial charge in [0, 0.05) is 13.1 Å². The van der Waals surface area contributed by atoms with Crippen molar-refractivity contribution in [2.75, 3.05) is 20.1 Å². The van der Waals surface area contributed by atoms with Crippen LogP contribution in [-0.4, -0.2) is 52.1 Å². The van der Waals surface area contributed by atoms with Gasteiger partial charge in [0.1, 0.15) is 0 Å². The summed E-state index contributed by atoms with van der Waals surface area (Å²) in [5, 5.41) is 21.0. The molecule has 1 heterocycles. The second-order valence-corrected chi connectivity index (χ2v) is 9.08. The highest BCUT2D eigenvalue weighted by Crippen LogP contribution is 2.42. The van der Waals surface area contributed by atoms with Gasteiger partial charge in [0.2, 0.25) is 5.91 Å². The Morgan fingerprint density at radius 3 is 2.45 bits per heavy atom. The number of aryl methyl sites for hydroxylation is 1. The lowest BCUT2D eigenvalue weighted by molar-refractivity contribution is -0.133. The average Bonchev–Trinajstić information content (AvgIpc) is 3.25. The van der Waals surface area contributed by atoms with Gasteiger partial charge in [-0.2, -0.15) is 0 Å². The van der Waals surface area contributed by atoms with Crippen molar-refractivity contribution < 1.29 is 15.0 Å². The summed E-state index contributed by atoms with van der Waals surface area (Å²) in [6.07, 6.45) is 4.27. The lowest BCUT2D eigenvalue weighted by atomic mass is 9.82. The highest BCUT2D eigenvalue weighted by Gasteiger charge is 2.39. The van der Waals surface area contributed by atoms with Gasteiger partial charge in [0.15, 0.2) is 11.5 Å². The van der Waals surface area contributed by atoms with Crippen LogP contribution in [0, 0.1) is 0 Å². The number of aromatic hydroxyl groups is 2. The third kappa shape index (κ3) is 4.90. The maximum absolute atomic E-state index is 13.2. The van der Waals surface area contributed by atoms with Crippen LogP contribution in [0.5, 0.6) is 11.5 Å². The SMILES string of the molecule is CN(C(=O)Cc1ccc(Cl)c(Cl)c1)[C@@H]1c2cc(O)c(O)cc2CC[C@H]1N1CCCC1.Cl. The first-order valence-corrected chi connectivity index (χ1v) is 11.1. The van der Waals surface area contributed by atoms with E-state index >= 15 is 0 Å².